The summed E-state index contributed by atoms with van der Waals surface area (Å²) in [6, 6.07) is 12.7. The fraction of sp³-hybridized carbons (Fsp3) is 0.350. The van der Waals surface area contributed by atoms with Crippen molar-refractivity contribution in [3.8, 4) is 0 Å². The fourth-order valence-corrected chi connectivity index (χ4v) is 2.77. The van der Waals surface area contributed by atoms with Gasteiger partial charge in [0, 0.05) is 32.7 Å². The minimum atomic E-state index is 0.863. The summed E-state index contributed by atoms with van der Waals surface area (Å²) in [4.78, 5) is 2.49. The van der Waals surface area contributed by atoms with Crippen LogP contribution in [0.1, 0.15) is 23.8 Å². The van der Waals surface area contributed by atoms with Gasteiger partial charge in [0.05, 0.1) is 12.5 Å². The Balaban J connectivity index is 1.46. The number of aryl methyl sites for hydroxylation is 1. The quantitative estimate of drug-likeness (QED) is 0.785. The van der Waals surface area contributed by atoms with Crippen LogP contribution in [0.25, 0.3) is 6.08 Å². The Morgan fingerprint density at radius 1 is 1.12 bits per heavy atom. The van der Waals surface area contributed by atoms with Gasteiger partial charge in [-0.05, 0) is 43.2 Å². The van der Waals surface area contributed by atoms with E-state index in [2.05, 4.69) is 46.2 Å². The van der Waals surface area contributed by atoms with Gasteiger partial charge in [0.25, 0.3) is 0 Å². The van der Waals surface area contributed by atoms with Crippen molar-refractivity contribution in [2.45, 2.75) is 20.4 Å². The fourth-order valence-electron chi connectivity index (χ4n) is 2.77. The van der Waals surface area contributed by atoms with Crippen molar-refractivity contribution in [3.63, 3.8) is 0 Å². The van der Waals surface area contributed by atoms with Crippen LogP contribution >= 0.6 is 0 Å². The molecule has 4 nitrogen and oxygen atoms in total. The number of piperazine rings is 1. The molecule has 0 unspecified atom stereocenters. The van der Waals surface area contributed by atoms with E-state index in [0.29, 0.717) is 0 Å². The predicted octanol–water partition coefficient (Wildman–Crippen LogP) is 3.79. The molecule has 2 heterocycles. The number of allylic oxidation sites excluding steroid dienone is 1. The average Bonchev–Trinajstić information content (AvgIpc) is 3.09. The Morgan fingerprint density at radius 2 is 1.88 bits per heavy atom. The van der Waals surface area contributed by atoms with Gasteiger partial charge in [0.1, 0.15) is 5.76 Å². The van der Waals surface area contributed by atoms with E-state index in [9.17, 15) is 0 Å². The number of benzene rings is 1. The average molecular weight is 323 g/mol. The SMILES string of the molecule is CC(/C=N/N1CCN(Cc2ccc(C)cc2)CC1)=C\c1ccco1. The van der Waals surface area contributed by atoms with Crippen LogP contribution in [0.5, 0.6) is 0 Å². The van der Waals surface area contributed by atoms with Crippen LogP contribution < -0.4 is 0 Å². The molecule has 126 valence electrons. The lowest BCUT2D eigenvalue weighted by atomic mass is 10.1. The van der Waals surface area contributed by atoms with Gasteiger partial charge in [-0.3, -0.25) is 9.91 Å². The number of hydrogen-bond acceptors (Lipinski definition) is 4. The molecule has 4 heteroatoms. The summed E-state index contributed by atoms with van der Waals surface area (Å²) in [6.07, 6.45) is 5.60. The van der Waals surface area contributed by atoms with Crippen LogP contribution in [0.2, 0.25) is 0 Å². The molecule has 0 amide bonds. The largest absolute Gasteiger partial charge is 0.465 e. The highest BCUT2D eigenvalue weighted by Gasteiger charge is 2.15. The third-order valence-corrected chi connectivity index (χ3v) is 4.21. The smallest absolute Gasteiger partial charge is 0.126 e. The van der Waals surface area contributed by atoms with Gasteiger partial charge in [-0.15, -0.1) is 0 Å². The van der Waals surface area contributed by atoms with Crippen LogP contribution in [0.3, 0.4) is 0 Å². The van der Waals surface area contributed by atoms with Crippen molar-refractivity contribution in [1.82, 2.24) is 9.91 Å². The highest BCUT2D eigenvalue weighted by atomic mass is 16.3. The molecular weight excluding hydrogens is 298 g/mol. The number of rotatable bonds is 5. The molecule has 1 aromatic carbocycles. The summed E-state index contributed by atoms with van der Waals surface area (Å²) < 4.78 is 5.32. The monoisotopic (exact) mass is 323 g/mol. The maximum atomic E-state index is 5.32. The maximum Gasteiger partial charge on any atom is 0.126 e. The predicted molar refractivity (Wildman–Crippen MR) is 98.9 cm³/mol. The first-order valence-corrected chi connectivity index (χ1v) is 8.48. The van der Waals surface area contributed by atoms with Crippen molar-refractivity contribution >= 4 is 12.3 Å². The topological polar surface area (TPSA) is 32.0 Å². The van der Waals surface area contributed by atoms with Gasteiger partial charge in [-0.2, -0.15) is 5.10 Å². The molecule has 0 atom stereocenters. The summed E-state index contributed by atoms with van der Waals surface area (Å²) in [5.41, 5.74) is 3.79. The number of furan rings is 1. The summed E-state index contributed by atoms with van der Waals surface area (Å²) >= 11 is 0. The second kappa shape index (κ2) is 7.97. The summed E-state index contributed by atoms with van der Waals surface area (Å²) in [5.74, 6) is 0.863. The van der Waals surface area contributed by atoms with E-state index in [0.717, 1.165) is 44.1 Å². The van der Waals surface area contributed by atoms with E-state index in [1.165, 1.54) is 11.1 Å². The van der Waals surface area contributed by atoms with E-state index >= 15 is 0 Å². The normalized spacial score (nSPS) is 16.9. The van der Waals surface area contributed by atoms with Crippen molar-refractivity contribution in [3.05, 3.63) is 65.1 Å². The molecule has 1 fully saturated rings. The molecule has 3 rings (SSSR count). The zero-order chi connectivity index (χ0) is 16.8. The molecule has 1 aliphatic rings. The van der Waals surface area contributed by atoms with Gasteiger partial charge in [0.15, 0.2) is 0 Å². The van der Waals surface area contributed by atoms with E-state index in [1.807, 2.05) is 31.3 Å². The third-order valence-electron chi connectivity index (χ3n) is 4.21. The van der Waals surface area contributed by atoms with Gasteiger partial charge in [0.2, 0.25) is 0 Å². The van der Waals surface area contributed by atoms with E-state index in [1.54, 1.807) is 6.26 Å². The van der Waals surface area contributed by atoms with Crippen LogP contribution in [-0.4, -0.2) is 42.3 Å². The highest BCUT2D eigenvalue weighted by molar-refractivity contribution is 5.83. The molecular formula is C20H25N3O. The highest BCUT2D eigenvalue weighted by Crippen LogP contribution is 2.10. The van der Waals surface area contributed by atoms with Crippen molar-refractivity contribution in [2.24, 2.45) is 5.10 Å². The van der Waals surface area contributed by atoms with E-state index in [-0.39, 0.29) is 0 Å². The van der Waals surface area contributed by atoms with Gasteiger partial charge < -0.3 is 4.42 Å². The molecule has 0 radical (unpaired) electrons. The van der Waals surface area contributed by atoms with Crippen molar-refractivity contribution in [2.75, 3.05) is 26.2 Å². The first-order chi connectivity index (χ1) is 11.7. The maximum absolute atomic E-state index is 5.32. The molecule has 24 heavy (non-hydrogen) atoms. The first kappa shape index (κ1) is 16.5. The van der Waals surface area contributed by atoms with Gasteiger partial charge in [-0.1, -0.05) is 29.8 Å². The molecule has 0 saturated carbocycles. The Kier molecular flexibility index (Phi) is 5.49. The molecule has 1 aliphatic heterocycles. The van der Waals surface area contributed by atoms with Gasteiger partial charge >= 0.3 is 0 Å². The summed E-state index contributed by atoms with van der Waals surface area (Å²) in [5, 5.41) is 6.73. The molecule has 0 spiro atoms. The lowest BCUT2D eigenvalue weighted by Crippen LogP contribution is -2.43. The van der Waals surface area contributed by atoms with Crippen LogP contribution in [0.4, 0.5) is 0 Å². The molecule has 1 aromatic heterocycles. The standard InChI is InChI=1S/C20H25N3O/c1-17-5-7-19(8-6-17)16-22-9-11-23(12-10-22)21-15-18(2)14-20-4-3-13-24-20/h3-8,13-15H,9-12,16H2,1-2H3/b18-14+,21-15+. The zero-order valence-electron chi connectivity index (χ0n) is 14.5. The lowest BCUT2D eigenvalue weighted by Gasteiger charge is -2.33. The van der Waals surface area contributed by atoms with Crippen molar-refractivity contribution in [1.29, 1.82) is 0 Å². The second-order valence-corrected chi connectivity index (χ2v) is 6.36. The minimum absolute atomic E-state index is 0.863. The number of nitrogens with zero attached hydrogens (tertiary/aromatic N) is 3. The van der Waals surface area contributed by atoms with Crippen LogP contribution in [0.15, 0.2) is 57.8 Å². The lowest BCUT2D eigenvalue weighted by molar-refractivity contribution is 0.131. The van der Waals surface area contributed by atoms with Crippen LogP contribution in [0, 0.1) is 6.92 Å². The molecule has 1 saturated heterocycles. The van der Waals surface area contributed by atoms with Crippen molar-refractivity contribution < 1.29 is 4.42 Å². The van der Waals surface area contributed by atoms with Crippen LogP contribution in [-0.2, 0) is 6.54 Å². The first-order valence-electron chi connectivity index (χ1n) is 8.48. The Hall–Kier alpha value is -2.33. The number of hydrazone groups is 1. The third kappa shape index (κ3) is 4.83. The summed E-state index contributed by atoms with van der Waals surface area (Å²) in [6.45, 7) is 9.23. The molecule has 0 aliphatic carbocycles. The Bertz CT molecular complexity index is 678. The molecule has 0 bridgehead atoms. The summed E-state index contributed by atoms with van der Waals surface area (Å²) in [7, 11) is 0. The Morgan fingerprint density at radius 3 is 2.54 bits per heavy atom. The minimum Gasteiger partial charge on any atom is -0.465 e. The molecule has 2 aromatic rings. The van der Waals surface area contributed by atoms with E-state index < -0.39 is 0 Å². The van der Waals surface area contributed by atoms with E-state index in [4.69, 9.17) is 4.42 Å². The number of hydrogen-bond donors (Lipinski definition) is 0. The zero-order valence-corrected chi connectivity index (χ0v) is 14.5. The Labute approximate surface area is 144 Å². The van der Waals surface area contributed by atoms with Gasteiger partial charge in [-0.25, -0.2) is 0 Å². The molecule has 0 N–H and O–H groups in total. The second-order valence-electron chi connectivity index (χ2n) is 6.36.